The quantitative estimate of drug-likeness (QED) is 0.334. The Hall–Kier alpha value is -1.72. The van der Waals surface area contributed by atoms with E-state index < -0.39 is 11.5 Å². The number of fused-ring (bicyclic) bond motifs is 7. The Bertz CT molecular complexity index is 1230. The maximum Gasteiger partial charge on any atom is 0.226 e. The van der Waals surface area contributed by atoms with Crippen molar-refractivity contribution in [2.75, 3.05) is 13.2 Å². The van der Waals surface area contributed by atoms with E-state index in [2.05, 4.69) is 57.9 Å². The van der Waals surface area contributed by atoms with Crippen molar-refractivity contribution < 1.29 is 15.0 Å². The number of hydrogen-bond acceptors (Lipinski definition) is 4. The molecular weight excluding hydrogens is 520 g/mol. The Labute approximate surface area is 254 Å². The summed E-state index contributed by atoms with van der Waals surface area (Å²) in [6.45, 7) is 15.3. The lowest BCUT2D eigenvalue weighted by Gasteiger charge is -2.71. The highest BCUT2D eigenvalue weighted by Crippen LogP contribution is 2.75. The molecule has 232 valence electrons. The van der Waals surface area contributed by atoms with E-state index in [1.807, 2.05) is 24.4 Å². The third-order valence-electron chi connectivity index (χ3n) is 14.6. The van der Waals surface area contributed by atoms with Gasteiger partial charge >= 0.3 is 0 Å². The summed E-state index contributed by atoms with van der Waals surface area (Å²) in [7, 11) is 0. The maximum absolute atomic E-state index is 14.3. The second kappa shape index (κ2) is 10.2. The van der Waals surface area contributed by atoms with E-state index in [-0.39, 0.29) is 45.5 Å². The zero-order chi connectivity index (χ0) is 30.2. The predicted octanol–water partition coefficient (Wildman–Crippen LogP) is 6.88. The molecule has 6 rings (SSSR count). The van der Waals surface area contributed by atoms with Crippen LogP contribution >= 0.6 is 0 Å². The third-order valence-corrected chi connectivity index (χ3v) is 14.6. The van der Waals surface area contributed by atoms with Gasteiger partial charge < -0.3 is 15.5 Å². The lowest BCUT2D eigenvalue weighted by Crippen LogP contribution is -2.66. The molecule has 0 saturated heterocycles. The topological polar surface area (TPSA) is 82.5 Å². The molecule has 0 bridgehead atoms. The number of carbonyl (C=O) groups excluding carboxylic acids is 1. The fraction of sp³-hybridized carbons (Fsp3) is 0.784. The zero-order valence-corrected chi connectivity index (χ0v) is 27.1. The van der Waals surface area contributed by atoms with E-state index in [4.69, 9.17) is 0 Å². The minimum Gasteiger partial charge on any atom is -0.396 e. The standard InChI is InChI=1S/C37H56N2O3/c1-32(2)17-19-37(31(42)39-22-14-25-9-7-8-21-38-25)20-18-35(5)26(27(37)23-32)10-11-29-33(3)15-13-30(41)34(4,24-40)28(33)12-16-36(29,35)6/h7-10,21,27-30,40-41H,11-20,22-24H2,1-6H3,(H,39,42)/t27-,28+,29+,30-,33-,34-,35+,36+,37-/m0/s1. The van der Waals surface area contributed by atoms with Crippen molar-refractivity contribution in [3.8, 4) is 0 Å². The fourth-order valence-electron chi connectivity index (χ4n) is 11.7. The Balaban J connectivity index is 1.33. The molecule has 1 amide bonds. The van der Waals surface area contributed by atoms with Crippen LogP contribution < -0.4 is 5.32 Å². The Morgan fingerprint density at radius 3 is 2.45 bits per heavy atom. The molecule has 5 nitrogen and oxygen atoms in total. The molecule has 1 heterocycles. The Morgan fingerprint density at radius 2 is 1.74 bits per heavy atom. The molecule has 0 spiro atoms. The van der Waals surface area contributed by atoms with Gasteiger partial charge in [0.05, 0.1) is 18.1 Å². The second-order valence-corrected chi connectivity index (χ2v) is 16.9. The first-order valence-electron chi connectivity index (χ1n) is 16.9. The molecular formula is C37H56N2O3. The predicted molar refractivity (Wildman–Crippen MR) is 167 cm³/mol. The largest absolute Gasteiger partial charge is 0.396 e. The lowest BCUT2D eigenvalue weighted by atomic mass is 9.33. The molecule has 0 unspecified atom stereocenters. The second-order valence-electron chi connectivity index (χ2n) is 16.9. The average Bonchev–Trinajstić information content (AvgIpc) is 2.96. The molecule has 0 radical (unpaired) electrons. The van der Waals surface area contributed by atoms with Crippen molar-refractivity contribution in [1.29, 1.82) is 0 Å². The van der Waals surface area contributed by atoms with Gasteiger partial charge in [0.2, 0.25) is 5.91 Å². The van der Waals surface area contributed by atoms with Crippen molar-refractivity contribution in [3.05, 3.63) is 41.7 Å². The van der Waals surface area contributed by atoms with Crippen molar-refractivity contribution in [3.63, 3.8) is 0 Å². The van der Waals surface area contributed by atoms with Crippen LogP contribution in [0.25, 0.3) is 0 Å². The highest BCUT2D eigenvalue weighted by atomic mass is 16.3. The molecule has 1 aromatic rings. The number of hydrogen-bond donors (Lipinski definition) is 3. The van der Waals surface area contributed by atoms with Crippen LogP contribution in [-0.2, 0) is 11.2 Å². The van der Waals surface area contributed by atoms with Gasteiger partial charge in [-0.25, -0.2) is 0 Å². The number of aromatic nitrogens is 1. The van der Waals surface area contributed by atoms with Crippen LogP contribution in [0.1, 0.15) is 111 Å². The van der Waals surface area contributed by atoms with Crippen molar-refractivity contribution in [1.82, 2.24) is 10.3 Å². The van der Waals surface area contributed by atoms with Crippen LogP contribution in [-0.4, -0.2) is 40.4 Å². The van der Waals surface area contributed by atoms with Gasteiger partial charge in [-0.05, 0) is 116 Å². The number of aliphatic hydroxyl groups is 2. The molecule has 5 aliphatic carbocycles. The fourth-order valence-corrected chi connectivity index (χ4v) is 11.7. The Kier molecular flexibility index (Phi) is 7.33. The van der Waals surface area contributed by atoms with Crippen LogP contribution in [0.5, 0.6) is 0 Å². The molecule has 4 saturated carbocycles. The SMILES string of the molecule is CC1(C)CC[C@]2(C(=O)NCCc3ccccn3)CC[C@]3(C)C(=CC[C@@H]4[C@@]5(C)CC[C@H](O)[C@@](C)(CO)[C@@H]5CC[C@]43C)[C@@H]2C1. The van der Waals surface area contributed by atoms with E-state index in [1.54, 1.807) is 5.57 Å². The summed E-state index contributed by atoms with van der Waals surface area (Å²) >= 11 is 0. The summed E-state index contributed by atoms with van der Waals surface area (Å²) in [4.78, 5) is 18.7. The first-order chi connectivity index (χ1) is 19.8. The number of allylic oxidation sites excluding steroid dienone is 2. The normalized spacial score (nSPS) is 45.9. The number of nitrogens with zero attached hydrogens (tertiary/aromatic N) is 1. The summed E-state index contributed by atoms with van der Waals surface area (Å²) in [5.74, 6) is 1.41. The van der Waals surface area contributed by atoms with E-state index >= 15 is 0 Å². The van der Waals surface area contributed by atoms with E-state index in [0.29, 0.717) is 18.4 Å². The van der Waals surface area contributed by atoms with Crippen molar-refractivity contribution in [2.45, 2.75) is 118 Å². The van der Waals surface area contributed by atoms with Crippen LogP contribution in [0.4, 0.5) is 0 Å². The minimum atomic E-state index is -0.429. The van der Waals surface area contributed by atoms with Crippen LogP contribution in [0, 0.1) is 50.2 Å². The van der Waals surface area contributed by atoms with Crippen LogP contribution in [0.15, 0.2) is 36.0 Å². The highest BCUT2D eigenvalue weighted by Gasteiger charge is 2.69. The highest BCUT2D eigenvalue weighted by molar-refractivity contribution is 5.84. The van der Waals surface area contributed by atoms with Crippen molar-refractivity contribution in [2.24, 2.45) is 50.2 Å². The average molecular weight is 577 g/mol. The van der Waals surface area contributed by atoms with E-state index in [1.165, 1.54) is 0 Å². The van der Waals surface area contributed by atoms with Gasteiger partial charge in [0.15, 0.2) is 0 Å². The molecule has 4 fully saturated rings. The monoisotopic (exact) mass is 576 g/mol. The third kappa shape index (κ3) is 4.22. The lowest BCUT2D eigenvalue weighted by molar-refractivity contribution is -0.215. The van der Waals surface area contributed by atoms with E-state index in [0.717, 1.165) is 76.3 Å². The molecule has 9 atom stereocenters. The Morgan fingerprint density at radius 1 is 0.976 bits per heavy atom. The van der Waals surface area contributed by atoms with Gasteiger partial charge in [-0.1, -0.05) is 59.3 Å². The van der Waals surface area contributed by atoms with Gasteiger partial charge in [0.25, 0.3) is 0 Å². The van der Waals surface area contributed by atoms with Crippen LogP contribution in [0.2, 0.25) is 0 Å². The molecule has 5 heteroatoms. The summed E-state index contributed by atoms with van der Waals surface area (Å²) in [6, 6.07) is 5.99. The number of amides is 1. The first-order valence-corrected chi connectivity index (χ1v) is 16.9. The molecule has 5 aliphatic rings. The summed E-state index contributed by atoms with van der Waals surface area (Å²) in [5.41, 5.74) is 2.39. The smallest absolute Gasteiger partial charge is 0.226 e. The number of aliphatic hydroxyl groups excluding tert-OH is 2. The maximum atomic E-state index is 14.3. The van der Waals surface area contributed by atoms with Gasteiger partial charge in [-0.15, -0.1) is 0 Å². The summed E-state index contributed by atoms with van der Waals surface area (Å²) < 4.78 is 0. The van der Waals surface area contributed by atoms with Gasteiger partial charge in [0.1, 0.15) is 0 Å². The first kappa shape index (κ1) is 30.3. The van der Waals surface area contributed by atoms with Crippen LogP contribution in [0.3, 0.4) is 0 Å². The number of rotatable bonds is 5. The number of carbonyl (C=O) groups is 1. The molecule has 0 aliphatic heterocycles. The van der Waals surface area contributed by atoms with Gasteiger partial charge in [-0.2, -0.15) is 0 Å². The number of nitrogens with one attached hydrogen (secondary N) is 1. The molecule has 1 aromatic heterocycles. The molecule has 3 N–H and O–H groups in total. The molecule has 0 aromatic carbocycles. The summed E-state index contributed by atoms with van der Waals surface area (Å²) in [6.07, 6.45) is 15.0. The number of pyridine rings is 1. The molecule has 42 heavy (non-hydrogen) atoms. The summed E-state index contributed by atoms with van der Waals surface area (Å²) in [5, 5.41) is 25.0. The van der Waals surface area contributed by atoms with Gasteiger partial charge in [0, 0.05) is 30.3 Å². The zero-order valence-electron chi connectivity index (χ0n) is 27.1. The van der Waals surface area contributed by atoms with Gasteiger partial charge in [-0.3, -0.25) is 9.78 Å². The van der Waals surface area contributed by atoms with E-state index in [9.17, 15) is 15.0 Å². The van der Waals surface area contributed by atoms with Crippen molar-refractivity contribution >= 4 is 5.91 Å². The minimum absolute atomic E-state index is 0.0609.